The van der Waals surface area contributed by atoms with Gasteiger partial charge in [0.25, 0.3) is 0 Å². The molecule has 0 spiro atoms. The monoisotopic (exact) mass is 332 g/mol. The van der Waals surface area contributed by atoms with Gasteiger partial charge in [0.2, 0.25) is 0 Å². The zero-order valence-electron chi connectivity index (χ0n) is 9.21. The number of hydrogen-bond acceptors (Lipinski definition) is 1. The van der Waals surface area contributed by atoms with Gasteiger partial charge in [0.15, 0.2) is 0 Å². The van der Waals surface area contributed by atoms with Crippen molar-refractivity contribution >= 4 is 39.1 Å². The van der Waals surface area contributed by atoms with E-state index in [1.165, 1.54) is 0 Å². The predicted octanol–water partition coefficient (Wildman–Crippen LogP) is 5.63. The molecule has 1 aromatic heterocycles. The summed E-state index contributed by atoms with van der Waals surface area (Å²) in [5, 5.41) is 1.26. The first-order valence-corrected chi connectivity index (χ1v) is 6.96. The summed E-state index contributed by atoms with van der Waals surface area (Å²) in [7, 11) is 0. The number of hydrogen-bond donors (Lipinski definition) is 0. The molecule has 1 unspecified atom stereocenters. The molecule has 1 nitrogen and oxygen atoms in total. The Morgan fingerprint density at radius 2 is 2.00 bits per heavy atom. The Bertz CT molecular complexity index is 522. The van der Waals surface area contributed by atoms with Gasteiger partial charge in [-0.2, -0.15) is 0 Å². The van der Waals surface area contributed by atoms with Gasteiger partial charge in [-0.3, -0.25) is 0 Å². The largest absolute Gasteiger partial charge is 0.465 e. The van der Waals surface area contributed by atoms with Crippen LogP contribution >= 0.6 is 39.1 Å². The van der Waals surface area contributed by atoms with Crippen LogP contribution in [-0.4, -0.2) is 0 Å². The molecule has 90 valence electrons. The zero-order valence-corrected chi connectivity index (χ0v) is 12.3. The predicted molar refractivity (Wildman–Crippen MR) is 75.3 cm³/mol. The van der Waals surface area contributed by atoms with Gasteiger partial charge in [-0.25, -0.2) is 0 Å². The molecule has 0 radical (unpaired) electrons. The van der Waals surface area contributed by atoms with Crippen LogP contribution in [0.2, 0.25) is 10.0 Å². The summed E-state index contributed by atoms with van der Waals surface area (Å²) in [6, 6.07) is 9.39. The Morgan fingerprint density at radius 1 is 1.24 bits per heavy atom. The topological polar surface area (TPSA) is 13.1 Å². The van der Waals surface area contributed by atoms with Crippen LogP contribution in [0, 0.1) is 0 Å². The lowest BCUT2D eigenvalue weighted by Crippen LogP contribution is -1.91. The third kappa shape index (κ3) is 2.87. The number of benzene rings is 1. The van der Waals surface area contributed by atoms with Crippen LogP contribution in [0.15, 0.2) is 34.7 Å². The minimum atomic E-state index is -0.0485. The molecule has 4 heteroatoms. The van der Waals surface area contributed by atoms with Gasteiger partial charge in [0.1, 0.15) is 11.5 Å². The van der Waals surface area contributed by atoms with Gasteiger partial charge in [0, 0.05) is 16.5 Å². The molecular formula is C13H11BrCl2O. The highest BCUT2D eigenvalue weighted by Gasteiger charge is 2.17. The van der Waals surface area contributed by atoms with Crippen molar-refractivity contribution in [1.29, 1.82) is 0 Å². The van der Waals surface area contributed by atoms with Crippen molar-refractivity contribution in [2.45, 2.75) is 18.2 Å². The van der Waals surface area contributed by atoms with Crippen LogP contribution in [-0.2, 0) is 6.42 Å². The van der Waals surface area contributed by atoms with Crippen LogP contribution in [0.5, 0.6) is 0 Å². The Balaban J connectivity index is 2.33. The van der Waals surface area contributed by atoms with Crippen molar-refractivity contribution in [3.63, 3.8) is 0 Å². The Kier molecular flexibility index (Phi) is 4.18. The molecule has 2 aromatic rings. The van der Waals surface area contributed by atoms with Gasteiger partial charge in [-0.05, 0) is 29.8 Å². The second kappa shape index (κ2) is 5.47. The minimum Gasteiger partial charge on any atom is -0.465 e. The molecule has 0 aliphatic heterocycles. The normalized spacial score (nSPS) is 12.7. The van der Waals surface area contributed by atoms with E-state index in [2.05, 4.69) is 22.9 Å². The van der Waals surface area contributed by atoms with Crippen molar-refractivity contribution in [1.82, 2.24) is 0 Å². The smallest absolute Gasteiger partial charge is 0.122 e. The molecule has 0 saturated carbocycles. The summed E-state index contributed by atoms with van der Waals surface area (Å²) >= 11 is 15.6. The summed E-state index contributed by atoms with van der Waals surface area (Å²) in [4.78, 5) is -0.0485. The molecule has 2 rings (SSSR count). The van der Waals surface area contributed by atoms with Crippen molar-refractivity contribution in [3.05, 3.63) is 57.5 Å². The van der Waals surface area contributed by atoms with E-state index in [4.69, 9.17) is 27.6 Å². The molecule has 0 saturated heterocycles. The van der Waals surface area contributed by atoms with E-state index in [0.29, 0.717) is 10.0 Å². The quantitative estimate of drug-likeness (QED) is 0.663. The van der Waals surface area contributed by atoms with Gasteiger partial charge >= 0.3 is 0 Å². The maximum atomic E-state index is 6.16. The Morgan fingerprint density at radius 3 is 2.59 bits per heavy atom. The van der Waals surface area contributed by atoms with E-state index >= 15 is 0 Å². The lowest BCUT2D eigenvalue weighted by atomic mass is 10.1. The van der Waals surface area contributed by atoms with E-state index in [0.717, 1.165) is 23.5 Å². The number of alkyl halides is 1. The average molecular weight is 334 g/mol. The maximum Gasteiger partial charge on any atom is 0.122 e. The van der Waals surface area contributed by atoms with Gasteiger partial charge < -0.3 is 4.42 Å². The third-order valence-corrected chi connectivity index (χ3v) is 4.02. The minimum absolute atomic E-state index is 0.0485. The molecule has 0 aliphatic carbocycles. The fourth-order valence-electron chi connectivity index (χ4n) is 1.58. The SMILES string of the molecule is CCc1ccc(C(Br)c2ccc(Cl)cc2Cl)o1. The first-order chi connectivity index (χ1) is 8.11. The molecule has 0 bridgehead atoms. The molecule has 0 N–H and O–H groups in total. The number of furan rings is 1. The molecule has 0 fully saturated rings. The molecular weight excluding hydrogens is 323 g/mol. The molecule has 1 aromatic carbocycles. The van der Waals surface area contributed by atoms with Gasteiger partial charge in [0.05, 0.1) is 4.83 Å². The number of halogens is 3. The third-order valence-electron chi connectivity index (χ3n) is 2.52. The van der Waals surface area contributed by atoms with Gasteiger partial charge in [-0.1, -0.05) is 52.1 Å². The molecule has 1 atom stereocenters. The van der Waals surface area contributed by atoms with Crippen LogP contribution in [0.4, 0.5) is 0 Å². The van der Waals surface area contributed by atoms with Crippen LogP contribution in [0.3, 0.4) is 0 Å². The zero-order chi connectivity index (χ0) is 12.4. The van der Waals surface area contributed by atoms with Crippen LogP contribution in [0.1, 0.15) is 28.8 Å². The Hall–Kier alpha value is -0.440. The summed E-state index contributed by atoms with van der Waals surface area (Å²) in [5.41, 5.74) is 0.952. The van der Waals surface area contributed by atoms with Crippen LogP contribution < -0.4 is 0 Å². The van der Waals surface area contributed by atoms with Crippen molar-refractivity contribution in [2.24, 2.45) is 0 Å². The highest BCUT2D eigenvalue weighted by atomic mass is 79.9. The molecule has 1 heterocycles. The average Bonchev–Trinajstić information content (AvgIpc) is 2.76. The summed E-state index contributed by atoms with van der Waals surface area (Å²) in [6.07, 6.45) is 0.883. The first-order valence-electron chi connectivity index (χ1n) is 5.29. The standard InChI is InChI=1S/C13H11BrCl2O/c1-2-9-4-6-12(17-9)13(14)10-5-3-8(15)7-11(10)16/h3-7,13H,2H2,1H3. The second-order valence-electron chi connectivity index (χ2n) is 3.69. The number of rotatable bonds is 3. The summed E-state index contributed by atoms with van der Waals surface area (Å²) < 4.78 is 5.70. The highest BCUT2D eigenvalue weighted by molar-refractivity contribution is 9.09. The fourth-order valence-corrected chi connectivity index (χ4v) is 2.88. The summed E-state index contributed by atoms with van der Waals surface area (Å²) in [5.74, 6) is 1.82. The van der Waals surface area contributed by atoms with E-state index in [1.807, 2.05) is 24.3 Å². The van der Waals surface area contributed by atoms with Crippen LogP contribution in [0.25, 0.3) is 0 Å². The molecule has 17 heavy (non-hydrogen) atoms. The Labute approximate surface area is 119 Å². The lowest BCUT2D eigenvalue weighted by molar-refractivity contribution is 0.477. The van der Waals surface area contributed by atoms with E-state index in [1.54, 1.807) is 6.07 Å². The first kappa shape index (κ1) is 13.0. The van der Waals surface area contributed by atoms with Crippen molar-refractivity contribution in [3.8, 4) is 0 Å². The lowest BCUT2D eigenvalue weighted by Gasteiger charge is -2.09. The van der Waals surface area contributed by atoms with E-state index in [-0.39, 0.29) is 4.83 Å². The maximum absolute atomic E-state index is 6.16. The second-order valence-corrected chi connectivity index (χ2v) is 5.45. The van der Waals surface area contributed by atoms with E-state index < -0.39 is 0 Å². The van der Waals surface area contributed by atoms with Crippen molar-refractivity contribution < 1.29 is 4.42 Å². The molecule has 0 aliphatic rings. The fraction of sp³-hybridized carbons (Fsp3) is 0.231. The number of aryl methyl sites for hydroxylation is 1. The molecule has 0 amide bonds. The summed E-state index contributed by atoms with van der Waals surface area (Å²) in [6.45, 7) is 2.06. The van der Waals surface area contributed by atoms with E-state index in [9.17, 15) is 0 Å². The highest BCUT2D eigenvalue weighted by Crippen LogP contribution is 2.37. The van der Waals surface area contributed by atoms with Gasteiger partial charge in [-0.15, -0.1) is 0 Å². The van der Waals surface area contributed by atoms with Crippen molar-refractivity contribution in [2.75, 3.05) is 0 Å².